The molecule has 0 aliphatic heterocycles. The Morgan fingerprint density at radius 1 is 1.12 bits per heavy atom. The molecule has 0 spiro atoms. The van der Waals surface area contributed by atoms with Gasteiger partial charge < -0.3 is 14.7 Å². The molecule has 7 nitrogen and oxygen atoms in total. The fourth-order valence-corrected chi connectivity index (χ4v) is 3.39. The number of hydrogen-bond acceptors (Lipinski definition) is 6. The molecule has 0 saturated heterocycles. The van der Waals surface area contributed by atoms with Crippen LogP contribution in [0.25, 0.3) is 21.9 Å². The third kappa shape index (κ3) is 3.06. The van der Waals surface area contributed by atoms with Crippen molar-refractivity contribution in [2.24, 2.45) is 0 Å². The molecule has 8 heteroatoms. The van der Waals surface area contributed by atoms with Gasteiger partial charge in [-0.05, 0) is 30.3 Å². The lowest BCUT2D eigenvalue weighted by Gasteiger charge is -2.04. The number of H-pyrrole nitrogens is 2. The molecule has 2 heterocycles. The van der Waals surface area contributed by atoms with E-state index >= 15 is 0 Å². The zero-order valence-corrected chi connectivity index (χ0v) is 14.6. The van der Waals surface area contributed by atoms with Crippen LogP contribution >= 0.6 is 11.8 Å². The van der Waals surface area contributed by atoms with Crippen LogP contribution in [-0.2, 0) is 10.5 Å². The van der Waals surface area contributed by atoms with Crippen LogP contribution in [-0.4, -0.2) is 33.0 Å². The fourth-order valence-electron chi connectivity index (χ4n) is 2.64. The number of fused-ring (bicyclic) bond motifs is 2. The van der Waals surface area contributed by atoms with Gasteiger partial charge in [0.15, 0.2) is 5.16 Å². The van der Waals surface area contributed by atoms with Gasteiger partial charge in [0.1, 0.15) is 5.82 Å². The summed E-state index contributed by atoms with van der Waals surface area (Å²) in [6, 6.07) is 12.4. The Hall–Kier alpha value is -3.13. The van der Waals surface area contributed by atoms with Crippen molar-refractivity contribution in [3.63, 3.8) is 0 Å². The summed E-state index contributed by atoms with van der Waals surface area (Å²) < 4.78 is 4.71. The minimum atomic E-state index is -0.466. The Morgan fingerprint density at radius 2 is 1.96 bits per heavy atom. The van der Waals surface area contributed by atoms with Crippen molar-refractivity contribution in [3.05, 3.63) is 64.2 Å². The molecule has 0 unspecified atom stereocenters. The molecule has 4 rings (SSSR count). The van der Waals surface area contributed by atoms with Gasteiger partial charge in [-0.2, -0.15) is 0 Å². The van der Waals surface area contributed by atoms with Gasteiger partial charge in [-0.15, -0.1) is 0 Å². The molecule has 2 aromatic heterocycles. The number of para-hydroxylation sites is 2. The van der Waals surface area contributed by atoms with Gasteiger partial charge >= 0.3 is 5.97 Å². The van der Waals surface area contributed by atoms with Gasteiger partial charge in [0, 0.05) is 0 Å². The number of ether oxygens (including phenoxy) is 1. The van der Waals surface area contributed by atoms with E-state index in [0.717, 1.165) is 16.2 Å². The quantitative estimate of drug-likeness (QED) is 0.425. The maximum Gasteiger partial charge on any atom is 0.337 e. The number of nitrogens with zero attached hydrogens (tertiary/aromatic N) is 2. The summed E-state index contributed by atoms with van der Waals surface area (Å²) in [6.45, 7) is 0. The van der Waals surface area contributed by atoms with Gasteiger partial charge in [-0.3, -0.25) is 4.79 Å². The molecule has 26 heavy (non-hydrogen) atoms. The number of esters is 1. The number of aromatic nitrogens is 4. The van der Waals surface area contributed by atoms with Crippen molar-refractivity contribution in [2.75, 3.05) is 7.11 Å². The lowest BCUT2D eigenvalue weighted by molar-refractivity contribution is 0.0601. The summed E-state index contributed by atoms with van der Waals surface area (Å²) in [5.41, 5.74) is 2.41. The van der Waals surface area contributed by atoms with E-state index in [2.05, 4.69) is 19.9 Å². The summed E-state index contributed by atoms with van der Waals surface area (Å²) in [6.07, 6.45) is 0. The summed E-state index contributed by atoms with van der Waals surface area (Å²) in [5, 5.41) is 1.17. The van der Waals surface area contributed by atoms with Crippen LogP contribution in [0.5, 0.6) is 0 Å². The second-order valence-electron chi connectivity index (χ2n) is 5.58. The monoisotopic (exact) mass is 366 g/mol. The van der Waals surface area contributed by atoms with Crippen LogP contribution < -0.4 is 5.56 Å². The highest BCUT2D eigenvalue weighted by Gasteiger charge is 2.11. The van der Waals surface area contributed by atoms with E-state index in [1.54, 1.807) is 18.2 Å². The normalized spacial score (nSPS) is 11.1. The topological polar surface area (TPSA) is 101 Å². The zero-order chi connectivity index (χ0) is 18.1. The van der Waals surface area contributed by atoms with Gasteiger partial charge in [-0.25, -0.2) is 14.8 Å². The zero-order valence-electron chi connectivity index (χ0n) is 13.8. The Balaban J connectivity index is 1.63. The molecule has 2 N–H and O–H groups in total. The predicted octanol–water partition coefficient (Wildman–Crippen LogP) is 2.88. The Kier molecular flexibility index (Phi) is 4.18. The molecule has 0 amide bonds. The second kappa shape index (κ2) is 6.64. The minimum absolute atomic E-state index is 0.244. The summed E-state index contributed by atoms with van der Waals surface area (Å²) in [5.74, 6) is 0.482. The molecule has 0 radical (unpaired) electrons. The maximum atomic E-state index is 12.3. The summed E-state index contributed by atoms with van der Waals surface area (Å²) in [7, 11) is 1.31. The molecule has 0 aliphatic carbocycles. The standard InChI is InChI=1S/C18H14N4O3S/c1-25-17(24)10-6-7-11-14(8-10)19-15(22-16(11)23)9-26-18-20-12-4-2-3-5-13(12)21-18/h2-8H,9H2,1H3,(H,20,21)(H,19,22,23). The SMILES string of the molecule is COC(=O)c1ccc2c(=O)[nH]c(CSc3nc4ccccc4[nH]3)nc2c1. The second-order valence-corrected chi connectivity index (χ2v) is 6.55. The average Bonchev–Trinajstić information content (AvgIpc) is 3.08. The number of carbonyl (C=O) groups excluding carboxylic acids is 1. The van der Waals surface area contributed by atoms with Crippen molar-refractivity contribution in [2.45, 2.75) is 10.9 Å². The van der Waals surface area contributed by atoms with Gasteiger partial charge in [0.2, 0.25) is 0 Å². The number of carbonyl (C=O) groups is 1. The first-order valence-corrected chi connectivity index (χ1v) is 8.81. The van der Waals surface area contributed by atoms with E-state index in [1.807, 2.05) is 24.3 Å². The van der Waals surface area contributed by atoms with Crippen LogP contribution in [0.3, 0.4) is 0 Å². The molecule has 0 aliphatic rings. The third-order valence-corrected chi connectivity index (χ3v) is 4.77. The highest BCUT2D eigenvalue weighted by atomic mass is 32.2. The molecule has 0 bridgehead atoms. The van der Waals surface area contributed by atoms with Crippen LogP contribution in [0.4, 0.5) is 0 Å². The first-order valence-electron chi connectivity index (χ1n) is 7.83. The van der Waals surface area contributed by atoms with Crippen LogP contribution in [0.2, 0.25) is 0 Å². The average molecular weight is 366 g/mol. The molecule has 130 valence electrons. The van der Waals surface area contributed by atoms with Crippen molar-refractivity contribution in [1.82, 2.24) is 19.9 Å². The Morgan fingerprint density at radius 3 is 2.77 bits per heavy atom. The summed E-state index contributed by atoms with van der Waals surface area (Å²) in [4.78, 5) is 38.9. The van der Waals surface area contributed by atoms with Crippen molar-refractivity contribution in [3.8, 4) is 0 Å². The number of benzene rings is 2. The number of methoxy groups -OCH3 is 1. The highest BCUT2D eigenvalue weighted by molar-refractivity contribution is 7.98. The molecule has 0 fully saturated rings. The molecule has 0 saturated carbocycles. The number of imidazole rings is 1. The molecular weight excluding hydrogens is 352 g/mol. The summed E-state index contributed by atoms with van der Waals surface area (Å²) >= 11 is 1.44. The lowest BCUT2D eigenvalue weighted by Crippen LogP contribution is -2.12. The molecule has 0 atom stereocenters. The maximum absolute atomic E-state index is 12.3. The number of aromatic amines is 2. The number of thioether (sulfide) groups is 1. The van der Waals surface area contributed by atoms with Crippen LogP contribution in [0.15, 0.2) is 52.4 Å². The van der Waals surface area contributed by atoms with E-state index in [4.69, 9.17) is 4.74 Å². The molecule has 2 aromatic carbocycles. The van der Waals surface area contributed by atoms with E-state index in [0.29, 0.717) is 28.0 Å². The first kappa shape index (κ1) is 16.3. The van der Waals surface area contributed by atoms with E-state index in [-0.39, 0.29) is 5.56 Å². The molecule has 4 aromatic rings. The number of rotatable bonds is 4. The van der Waals surface area contributed by atoms with Gasteiger partial charge in [-0.1, -0.05) is 23.9 Å². The first-order chi connectivity index (χ1) is 12.6. The predicted molar refractivity (Wildman–Crippen MR) is 99.4 cm³/mol. The van der Waals surface area contributed by atoms with Gasteiger partial charge in [0.05, 0.1) is 40.4 Å². The van der Waals surface area contributed by atoms with E-state index < -0.39 is 5.97 Å². The van der Waals surface area contributed by atoms with E-state index in [9.17, 15) is 9.59 Å². The van der Waals surface area contributed by atoms with Crippen LogP contribution in [0.1, 0.15) is 16.2 Å². The largest absolute Gasteiger partial charge is 0.465 e. The smallest absolute Gasteiger partial charge is 0.337 e. The van der Waals surface area contributed by atoms with Crippen LogP contribution in [0, 0.1) is 0 Å². The van der Waals surface area contributed by atoms with Gasteiger partial charge in [0.25, 0.3) is 5.56 Å². The van der Waals surface area contributed by atoms with E-state index in [1.165, 1.54) is 18.9 Å². The van der Waals surface area contributed by atoms with Crippen molar-refractivity contribution in [1.29, 1.82) is 0 Å². The molecular formula is C18H14N4O3S. The lowest BCUT2D eigenvalue weighted by atomic mass is 10.1. The fraction of sp³-hybridized carbons (Fsp3) is 0.111. The van der Waals surface area contributed by atoms with Crippen molar-refractivity contribution < 1.29 is 9.53 Å². The minimum Gasteiger partial charge on any atom is -0.465 e. The Labute approximate surface area is 151 Å². The Bertz CT molecular complexity index is 1150. The third-order valence-electron chi connectivity index (χ3n) is 3.89. The number of hydrogen-bond donors (Lipinski definition) is 2. The highest BCUT2D eigenvalue weighted by Crippen LogP contribution is 2.22. The number of nitrogens with one attached hydrogen (secondary N) is 2. The van der Waals surface area contributed by atoms with Crippen molar-refractivity contribution >= 4 is 39.7 Å².